The number of carbonyl (C=O) groups is 2. The van der Waals surface area contributed by atoms with Crippen LogP contribution in [0.1, 0.15) is 157 Å². The molecule has 0 aromatic heterocycles. The SMILES string of the molecule is CCCCCCCCCCC(=O)O.Cc1ccc2c(c1)C(CCCCCCCCCCC(=O)O)c1cc(C)ccc1-2. The third-order valence-electron chi connectivity index (χ3n) is 8.33. The largest absolute Gasteiger partial charge is 0.481 e. The van der Waals surface area contributed by atoms with Crippen molar-refractivity contribution in [3.05, 3.63) is 58.7 Å². The third kappa shape index (κ3) is 13.7. The van der Waals surface area contributed by atoms with Gasteiger partial charge in [0.1, 0.15) is 0 Å². The van der Waals surface area contributed by atoms with Crippen LogP contribution in [0.5, 0.6) is 0 Å². The Morgan fingerprint density at radius 3 is 1.32 bits per heavy atom. The van der Waals surface area contributed by atoms with E-state index in [-0.39, 0.29) is 0 Å². The van der Waals surface area contributed by atoms with Gasteiger partial charge in [0.25, 0.3) is 0 Å². The van der Waals surface area contributed by atoms with E-state index in [1.807, 2.05) is 0 Å². The van der Waals surface area contributed by atoms with Crippen molar-refractivity contribution in [2.45, 2.75) is 149 Å². The van der Waals surface area contributed by atoms with Crippen molar-refractivity contribution < 1.29 is 19.8 Å². The monoisotopic (exact) mass is 564 g/mol. The maximum absolute atomic E-state index is 10.5. The first kappa shape index (κ1) is 34.6. The van der Waals surface area contributed by atoms with Gasteiger partial charge >= 0.3 is 11.9 Å². The topological polar surface area (TPSA) is 74.6 Å². The number of hydrogen-bond acceptors (Lipinski definition) is 2. The third-order valence-corrected chi connectivity index (χ3v) is 8.33. The summed E-state index contributed by atoms with van der Waals surface area (Å²) in [6.07, 6.45) is 21.1. The fourth-order valence-corrected chi connectivity index (χ4v) is 6.01. The molecule has 4 heteroatoms. The molecule has 0 heterocycles. The molecule has 4 nitrogen and oxygen atoms in total. The first-order valence-corrected chi connectivity index (χ1v) is 16.5. The van der Waals surface area contributed by atoms with E-state index in [4.69, 9.17) is 10.2 Å². The average molecular weight is 565 g/mol. The van der Waals surface area contributed by atoms with Crippen molar-refractivity contribution in [2.24, 2.45) is 0 Å². The molecule has 41 heavy (non-hydrogen) atoms. The van der Waals surface area contributed by atoms with E-state index in [1.54, 1.807) is 0 Å². The molecule has 0 saturated heterocycles. The molecule has 1 aliphatic rings. The lowest BCUT2D eigenvalue weighted by atomic mass is 9.90. The van der Waals surface area contributed by atoms with Crippen LogP contribution in [-0.4, -0.2) is 22.2 Å². The zero-order valence-corrected chi connectivity index (χ0v) is 26.2. The van der Waals surface area contributed by atoms with Gasteiger partial charge in [0.15, 0.2) is 0 Å². The van der Waals surface area contributed by atoms with Crippen LogP contribution in [0, 0.1) is 13.8 Å². The molecule has 3 rings (SSSR count). The van der Waals surface area contributed by atoms with Crippen molar-refractivity contribution in [2.75, 3.05) is 0 Å². The van der Waals surface area contributed by atoms with Crippen molar-refractivity contribution in [1.29, 1.82) is 0 Å². The summed E-state index contributed by atoms with van der Waals surface area (Å²) in [7, 11) is 0. The van der Waals surface area contributed by atoms with Gasteiger partial charge in [-0.2, -0.15) is 0 Å². The van der Waals surface area contributed by atoms with Gasteiger partial charge in [0.05, 0.1) is 0 Å². The fourth-order valence-electron chi connectivity index (χ4n) is 6.01. The maximum atomic E-state index is 10.5. The summed E-state index contributed by atoms with van der Waals surface area (Å²) in [6.45, 7) is 6.61. The molecule has 2 aromatic rings. The van der Waals surface area contributed by atoms with Gasteiger partial charge in [-0.15, -0.1) is 0 Å². The van der Waals surface area contributed by atoms with Crippen LogP contribution in [0.25, 0.3) is 11.1 Å². The van der Waals surface area contributed by atoms with Gasteiger partial charge in [-0.3, -0.25) is 9.59 Å². The summed E-state index contributed by atoms with van der Waals surface area (Å²) >= 11 is 0. The van der Waals surface area contributed by atoms with Crippen LogP contribution >= 0.6 is 0 Å². The maximum Gasteiger partial charge on any atom is 0.303 e. The number of unbranched alkanes of at least 4 members (excludes halogenated alkanes) is 14. The van der Waals surface area contributed by atoms with Crippen LogP contribution in [0.3, 0.4) is 0 Å². The lowest BCUT2D eigenvalue weighted by molar-refractivity contribution is -0.138. The standard InChI is InChI=1S/C26H34O2.C11H22O2/c1-19-13-15-22-23-16-14-20(2)18-25(23)21(24(22)17-19)11-9-7-5-3-4-6-8-10-12-26(27)28;1-2-3-4-5-6-7-8-9-10-11(12)13/h13-18,21H,3-12H2,1-2H3,(H,27,28);2-10H2,1H3,(H,12,13). The predicted molar refractivity (Wildman–Crippen MR) is 172 cm³/mol. The molecule has 228 valence electrons. The highest BCUT2D eigenvalue weighted by molar-refractivity contribution is 5.79. The molecule has 0 unspecified atom stereocenters. The molecular weight excluding hydrogens is 508 g/mol. The van der Waals surface area contributed by atoms with E-state index in [1.165, 1.54) is 117 Å². The van der Waals surface area contributed by atoms with Gasteiger partial charge in [-0.1, -0.05) is 144 Å². The minimum absolute atomic E-state index is 0.323. The number of benzene rings is 2. The number of carboxylic acids is 2. The zero-order chi connectivity index (χ0) is 29.9. The summed E-state index contributed by atoms with van der Waals surface area (Å²) in [6, 6.07) is 13.9. The summed E-state index contributed by atoms with van der Waals surface area (Å²) in [5.74, 6) is -0.771. The van der Waals surface area contributed by atoms with Crippen LogP contribution in [0.2, 0.25) is 0 Å². The summed E-state index contributed by atoms with van der Waals surface area (Å²) in [4.78, 5) is 20.7. The molecule has 0 spiro atoms. The Bertz CT molecular complexity index is 990. The number of fused-ring (bicyclic) bond motifs is 3. The lowest BCUT2D eigenvalue weighted by Crippen LogP contribution is -1.98. The number of rotatable bonds is 20. The quantitative estimate of drug-likeness (QED) is 0.157. The van der Waals surface area contributed by atoms with Crippen molar-refractivity contribution in [1.82, 2.24) is 0 Å². The lowest BCUT2D eigenvalue weighted by Gasteiger charge is -2.14. The fraction of sp³-hybridized carbons (Fsp3) is 0.622. The second kappa shape index (κ2) is 20.3. The van der Waals surface area contributed by atoms with E-state index < -0.39 is 11.9 Å². The number of aliphatic carboxylic acids is 2. The summed E-state index contributed by atoms with van der Waals surface area (Å²) in [5, 5.41) is 17.0. The molecule has 0 saturated carbocycles. The second-order valence-corrected chi connectivity index (χ2v) is 12.1. The number of carboxylic acid groups (broad SMARTS) is 2. The van der Waals surface area contributed by atoms with Gasteiger partial charge in [0.2, 0.25) is 0 Å². The number of hydrogen-bond donors (Lipinski definition) is 2. The van der Waals surface area contributed by atoms with E-state index >= 15 is 0 Å². The molecule has 0 aliphatic heterocycles. The Hall–Kier alpha value is -2.62. The summed E-state index contributed by atoms with van der Waals surface area (Å²) in [5.41, 5.74) is 8.64. The van der Waals surface area contributed by atoms with Crippen LogP contribution in [0.15, 0.2) is 36.4 Å². The van der Waals surface area contributed by atoms with Crippen molar-refractivity contribution in [3.8, 4) is 11.1 Å². The van der Waals surface area contributed by atoms with Crippen LogP contribution in [0.4, 0.5) is 0 Å². The first-order chi connectivity index (χ1) is 19.8. The second-order valence-electron chi connectivity index (χ2n) is 12.1. The Morgan fingerprint density at radius 1 is 0.561 bits per heavy atom. The zero-order valence-electron chi connectivity index (χ0n) is 26.2. The first-order valence-electron chi connectivity index (χ1n) is 16.5. The Morgan fingerprint density at radius 2 is 0.927 bits per heavy atom. The molecule has 2 N–H and O–H groups in total. The minimum Gasteiger partial charge on any atom is -0.481 e. The van der Waals surface area contributed by atoms with Gasteiger partial charge in [-0.25, -0.2) is 0 Å². The normalized spacial score (nSPS) is 12.0. The van der Waals surface area contributed by atoms with Crippen molar-refractivity contribution in [3.63, 3.8) is 0 Å². The van der Waals surface area contributed by atoms with E-state index in [2.05, 4.69) is 57.2 Å². The molecule has 0 radical (unpaired) electrons. The molecule has 0 fully saturated rings. The van der Waals surface area contributed by atoms with Gasteiger partial charge < -0.3 is 10.2 Å². The minimum atomic E-state index is -0.666. The molecule has 1 aliphatic carbocycles. The van der Waals surface area contributed by atoms with E-state index in [0.29, 0.717) is 18.8 Å². The Labute approximate surface area is 250 Å². The van der Waals surface area contributed by atoms with Crippen LogP contribution < -0.4 is 0 Å². The molecule has 0 amide bonds. The average Bonchev–Trinajstić information content (AvgIpc) is 3.22. The Balaban J connectivity index is 0.000000383. The van der Waals surface area contributed by atoms with Crippen molar-refractivity contribution >= 4 is 11.9 Å². The van der Waals surface area contributed by atoms with Gasteiger partial charge in [0, 0.05) is 18.8 Å². The highest BCUT2D eigenvalue weighted by Gasteiger charge is 2.28. The number of aryl methyl sites for hydroxylation is 2. The molecule has 0 atom stereocenters. The van der Waals surface area contributed by atoms with E-state index in [0.717, 1.165) is 25.7 Å². The Kier molecular flexibility index (Phi) is 17.1. The molecule has 2 aromatic carbocycles. The van der Waals surface area contributed by atoms with E-state index in [9.17, 15) is 9.59 Å². The molecule has 0 bridgehead atoms. The van der Waals surface area contributed by atoms with Gasteiger partial charge in [-0.05, 0) is 55.4 Å². The van der Waals surface area contributed by atoms with Crippen LogP contribution in [-0.2, 0) is 9.59 Å². The molecular formula is C37H56O4. The summed E-state index contributed by atoms with van der Waals surface area (Å²) < 4.78 is 0. The highest BCUT2D eigenvalue weighted by atomic mass is 16.4. The predicted octanol–water partition coefficient (Wildman–Crippen LogP) is 11.0. The highest BCUT2D eigenvalue weighted by Crippen LogP contribution is 2.47. The smallest absolute Gasteiger partial charge is 0.303 e.